The van der Waals surface area contributed by atoms with E-state index in [9.17, 15) is 4.79 Å². The monoisotopic (exact) mass is 276 g/mol. The summed E-state index contributed by atoms with van der Waals surface area (Å²) in [6, 6.07) is 2.13. The minimum atomic E-state index is 0.0882. The second-order valence-corrected chi connectivity index (χ2v) is 6.49. The number of aromatic nitrogens is 2. The highest BCUT2D eigenvalue weighted by Gasteiger charge is 2.38. The van der Waals surface area contributed by atoms with E-state index >= 15 is 0 Å². The number of carbonyl (C=O) groups is 1. The summed E-state index contributed by atoms with van der Waals surface area (Å²) < 4.78 is 1.85. The Kier molecular flexibility index (Phi) is 3.54. The summed E-state index contributed by atoms with van der Waals surface area (Å²) in [5.41, 5.74) is 1.04. The van der Waals surface area contributed by atoms with Gasteiger partial charge in [0.2, 0.25) is 0 Å². The first-order valence-electron chi connectivity index (χ1n) is 7.65. The Balaban J connectivity index is 1.63. The van der Waals surface area contributed by atoms with Crippen molar-refractivity contribution in [1.82, 2.24) is 20.0 Å². The Labute approximate surface area is 120 Å². The average Bonchev–Trinajstić information content (AvgIpc) is 3.08. The molecule has 2 aliphatic rings. The van der Waals surface area contributed by atoms with E-state index in [1.54, 1.807) is 0 Å². The third-order valence-electron chi connectivity index (χ3n) is 4.80. The highest BCUT2D eigenvalue weighted by Crippen LogP contribution is 2.37. The van der Waals surface area contributed by atoms with E-state index < -0.39 is 0 Å². The Morgan fingerprint density at radius 1 is 1.35 bits per heavy atom. The molecule has 1 aromatic heterocycles. The lowest BCUT2D eigenvalue weighted by atomic mass is 9.78. The standard InChI is InChI=1S/C15H24N4O/c1-12(2)19-8-3-13(17-19)14(20)18-9-5-15(6-10-18)4-7-16-11-15/h3,8,12,16H,4-7,9-11H2,1-2H3. The number of carbonyl (C=O) groups excluding carboxylic acids is 1. The van der Waals surface area contributed by atoms with Crippen LogP contribution in [-0.4, -0.2) is 46.8 Å². The molecule has 20 heavy (non-hydrogen) atoms. The molecule has 0 bridgehead atoms. The summed E-state index contributed by atoms with van der Waals surface area (Å²) in [5, 5.41) is 7.84. The smallest absolute Gasteiger partial charge is 0.274 e. The average molecular weight is 276 g/mol. The molecule has 0 radical (unpaired) electrons. The van der Waals surface area contributed by atoms with E-state index in [-0.39, 0.29) is 5.91 Å². The van der Waals surface area contributed by atoms with Crippen molar-refractivity contribution in [3.63, 3.8) is 0 Å². The van der Waals surface area contributed by atoms with E-state index in [0.29, 0.717) is 17.2 Å². The van der Waals surface area contributed by atoms with Crippen molar-refractivity contribution >= 4 is 5.91 Å². The summed E-state index contributed by atoms with van der Waals surface area (Å²) in [5.74, 6) is 0.0882. The molecular weight excluding hydrogens is 252 g/mol. The lowest BCUT2D eigenvalue weighted by Crippen LogP contribution is -2.44. The van der Waals surface area contributed by atoms with Crippen LogP contribution >= 0.6 is 0 Å². The first-order chi connectivity index (χ1) is 9.60. The molecule has 0 unspecified atom stereocenters. The molecule has 1 amide bonds. The molecule has 5 nitrogen and oxygen atoms in total. The summed E-state index contributed by atoms with van der Waals surface area (Å²) >= 11 is 0. The lowest BCUT2D eigenvalue weighted by Gasteiger charge is -2.38. The van der Waals surface area contributed by atoms with E-state index in [2.05, 4.69) is 24.3 Å². The maximum absolute atomic E-state index is 12.5. The molecule has 5 heteroatoms. The Bertz CT molecular complexity index is 478. The van der Waals surface area contributed by atoms with Crippen LogP contribution in [-0.2, 0) is 0 Å². The zero-order valence-electron chi connectivity index (χ0n) is 12.4. The number of likely N-dealkylation sites (tertiary alicyclic amines) is 1. The minimum absolute atomic E-state index is 0.0882. The van der Waals surface area contributed by atoms with Crippen molar-refractivity contribution in [2.75, 3.05) is 26.2 Å². The molecule has 0 aliphatic carbocycles. The fourth-order valence-corrected chi connectivity index (χ4v) is 3.31. The summed E-state index contributed by atoms with van der Waals surface area (Å²) in [4.78, 5) is 14.4. The lowest BCUT2D eigenvalue weighted by molar-refractivity contribution is 0.0601. The van der Waals surface area contributed by atoms with Gasteiger partial charge in [-0.15, -0.1) is 0 Å². The number of rotatable bonds is 2. The first-order valence-corrected chi connectivity index (χ1v) is 7.65. The highest BCUT2D eigenvalue weighted by molar-refractivity contribution is 5.92. The normalized spacial score (nSPS) is 21.9. The van der Waals surface area contributed by atoms with Crippen molar-refractivity contribution in [3.05, 3.63) is 18.0 Å². The van der Waals surface area contributed by atoms with Crippen molar-refractivity contribution < 1.29 is 4.79 Å². The first kappa shape index (κ1) is 13.6. The molecule has 2 aliphatic heterocycles. The summed E-state index contributed by atoms with van der Waals surface area (Å²) in [6.07, 6.45) is 5.40. The van der Waals surface area contributed by atoms with Crippen LogP contribution in [0.5, 0.6) is 0 Å². The second kappa shape index (κ2) is 5.20. The van der Waals surface area contributed by atoms with Gasteiger partial charge in [-0.2, -0.15) is 5.10 Å². The number of nitrogens with one attached hydrogen (secondary N) is 1. The van der Waals surface area contributed by atoms with E-state index in [0.717, 1.165) is 39.0 Å². The van der Waals surface area contributed by atoms with Crippen molar-refractivity contribution in [2.45, 2.75) is 39.2 Å². The van der Waals surface area contributed by atoms with Crippen LogP contribution in [0.1, 0.15) is 49.6 Å². The predicted molar refractivity (Wildman–Crippen MR) is 77.7 cm³/mol. The van der Waals surface area contributed by atoms with Crippen LogP contribution in [0.2, 0.25) is 0 Å². The van der Waals surface area contributed by atoms with Crippen molar-refractivity contribution in [1.29, 1.82) is 0 Å². The largest absolute Gasteiger partial charge is 0.337 e. The van der Waals surface area contributed by atoms with E-state index in [4.69, 9.17) is 0 Å². The van der Waals surface area contributed by atoms with Crippen LogP contribution in [0.15, 0.2) is 12.3 Å². The van der Waals surface area contributed by atoms with Crippen LogP contribution in [0.25, 0.3) is 0 Å². The van der Waals surface area contributed by atoms with Gasteiger partial charge in [-0.25, -0.2) is 0 Å². The molecular formula is C15H24N4O. The Morgan fingerprint density at radius 3 is 2.65 bits per heavy atom. The fourth-order valence-electron chi connectivity index (χ4n) is 3.31. The molecule has 3 rings (SSSR count). The van der Waals surface area contributed by atoms with Gasteiger partial charge in [0.1, 0.15) is 5.69 Å². The predicted octanol–water partition coefficient (Wildman–Crippen LogP) is 1.68. The van der Waals surface area contributed by atoms with Crippen molar-refractivity contribution in [3.8, 4) is 0 Å². The van der Waals surface area contributed by atoms with Gasteiger partial charge in [-0.05, 0) is 51.1 Å². The maximum Gasteiger partial charge on any atom is 0.274 e. The number of piperidine rings is 1. The van der Waals surface area contributed by atoms with Crippen molar-refractivity contribution in [2.24, 2.45) is 5.41 Å². The third kappa shape index (κ3) is 2.46. The van der Waals surface area contributed by atoms with Gasteiger partial charge in [0.05, 0.1) is 0 Å². The van der Waals surface area contributed by atoms with Gasteiger partial charge in [0.25, 0.3) is 5.91 Å². The van der Waals surface area contributed by atoms with Gasteiger partial charge in [-0.3, -0.25) is 9.48 Å². The molecule has 0 atom stereocenters. The second-order valence-electron chi connectivity index (χ2n) is 6.49. The summed E-state index contributed by atoms with van der Waals surface area (Å²) in [7, 11) is 0. The van der Waals surface area contributed by atoms with Crippen LogP contribution < -0.4 is 5.32 Å². The zero-order valence-corrected chi connectivity index (χ0v) is 12.4. The quantitative estimate of drug-likeness (QED) is 0.894. The number of amides is 1. The highest BCUT2D eigenvalue weighted by atomic mass is 16.2. The molecule has 3 heterocycles. The SMILES string of the molecule is CC(C)n1ccc(C(=O)N2CCC3(CCNC3)CC2)n1. The van der Waals surface area contributed by atoms with Gasteiger partial charge in [0, 0.05) is 31.9 Å². The fraction of sp³-hybridized carbons (Fsp3) is 0.733. The molecule has 1 N–H and O–H groups in total. The zero-order chi connectivity index (χ0) is 14.2. The number of nitrogens with zero attached hydrogens (tertiary/aromatic N) is 3. The number of hydrogen-bond acceptors (Lipinski definition) is 3. The Morgan fingerprint density at radius 2 is 2.10 bits per heavy atom. The minimum Gasteiger partial charge on any atom is -0.337 e. The molecule has 110 valence electrons. The van der Waals surface area contributed by atoms with Gasteiger partial charge in [0.15, 0.2) is 0 Å². The molecule has 1 spiro atoms. The maximum atomic E-state index is 12.5. The molecule has 2 saturated heterocycles. The van der Waals surface area contributed by atoms with Gasteiger partial charge < -0.3 is 10.2 Å². The Hall–Kier alpha value is -1.36. The summed E-state index contributed by atoms with van der Waals surface area (Å²) in [6.45, 7) is 8.13. The molecule has 0 saturated carbocycles. The number of hydrogen-bond donors (Lipinski definition) is 1. The molecule has 1 aromatic rings. The molecule has 0 aromatic carbocycles. The van der Waals surface area contributed by atoms with Crippen LogP contribution in [0.3, 0.4) is 0 Å². The topological polar surface area (TPSA) is 50.2 Å². The van der Waals surface area contributed by atoms with Crippen LogP contribution in [0.4, 0.5) is 0 Å². The van der Waals surface area contributed by atoms with Gasteiger partial charge in [-0.1, -0.05) is 0 Å². The van der Waals surface area contributed by atoms with E-state index in [1.807, 2.05) is 21.8 Å². The van der Waals surface area contributed by atoms with E-state index in [1.165, 1.54) is 6.42 Å². The molecule has 2 fully saturated rings. The van der Waals surface area contributed by atoms with Crippen LogP contribution in [0, 0.1) is 5.41 Å². The third-order valence-corrected chi connectivity index (χ3v) is 4.80. The van der Waals surface area contributed by atoms with Gasteiger partial charge >= 0.3 is 0 Å².